The smallest absolute Gasteiger partial charge is 0.425 e. The van der Waals surface area contributed by atoms with Gasteiger partial charge >= 0.3 is 6.18 Å². The van der Waals surface area contributed by atoms with E-state index in [1.807, 2.05) is 0 Å². The van der Waals surface area contributed by atoms with Gasteiger partial charge in [0.05, 0.1) is 23.5 Å². The third kappa shape index (κ3) is 5.03. The van der Waals surface area contributed by atoms with Crippen LogP contribution in [0.5, 0.6) is 5.75 Å². The highest BCUT2D eigenvalue weighted by Crippen LogP contribution is 2.32. The predicted octanol–water partition coefficient (Wildman–Crippen LogP) is 2.37. The summed E-state index contributed by atoms with van der Waals surface area (Å²) in [5, 5.41) is 2.56. The van der Waals surface area contributed by atoms with Gasteiger partial charge in [-0.05, 0) is 32.9 Å². The van der Waals surface area contributed by atoms with E-state index >= 15 is 0 Å². The molecule has 4 unspecified atom stereocenters. The third-order valence-electron chi connectivity index (χ3n) is 4.93. The molecule has 1 aliphatic heterocycles. The molecule has 2 heterocycles. The average Bonchev–Trinajstić information content (AvgIpc) is 3.02. The summed E-state index contributed by atoms with van der Waals surface area (Å²) in [7, 11) is 0. The molecular weight excluding hydrogens is 458 g/mol. The molecule has 4 N–H and O–H groups in total. The van der Waals surface area contributed by atoms with Gasteiger partial charge < -0.3 is 15.0 Å². The average molecular weight is 478 g/mol. The van der Waals surface area contributed by atoms with Crippen LogP contribution in [0.15, 0.2) is 23.1 Å². The van der Waals surface area contributed by atoms with Gasteiger partial charge in [0.2, 0.25) is 0 Å². The third-order valence-corrected chi connectivity index (χ3v) is 5.31. The fraction of sp³-hybridized carbons (Fsp3) is 0.421. The highest BCUT2D eigenvalue weighted by atomic mass is 35.5. The molecule has 13 heteroatoms. The Labute approximate surface area is 184 Å². The fourth-order valence-electron chi connectivity index (χ4n) is 2.97. The first-order valence-electron chi connectivity index (χ1n) is 9.47. The number of nitrogens with one attached hydrogen (secondary N) is 4. The van der Waals surface area contributed by atoms with Crippen molar-refractivity contribution >= 4 is 17.5 Å². The van der Waals surface area contributed by atoms with Gasteiger partial charge in [-0.3, -0.25) is 20.0 Å². The SMILES string of the molecule is Cc1ncc(-c2cc(OC(C)C(F)(F)F)c(C(=O)NC3C(C)NNC3Cl)cc2F)[nH]c1=O. The topological polar surface area (TPSA) is 108 Å². The number of hydrazine groups is 1. The van der Waals surface area contributed by atoms with Crippen LogP contribution < -0.4 is 26.5 Å². The molecule has 1 aromatic carbocycles. The number of amides is 1. The number of aromatic nitrogens is 2. The Bertz CT molecular complexity index is 1070. The van der Waals surface area contributed by atoms with Gasteiger partial charge in [-0.15, -0.1) is 11.6 Å². The van der Waals surface area contributed by atoms with Crippen molar-refractivity contribution < 1.29 is 27.1 Å². The molecule has 8 nitrogen and oxygen atoms in total. The Kier molecular flexibility index (Phi) is 6.77. The van der Waals surface area contributed by atoms with E-state index in [1.54, 1.807) is 6.92 Å². The van der Waals surface area contributed by atoms with Crippen molar-refractivity contribution in [1.29, 1.82) is 0 Å². The van der Waals surface area contributed by atoms with Gasteiger partial charge in [0.1, 0.15) is 22.8 Å². The van der Waals surface area contributed by atoms with Crippen LogP contribution in [0.2, 0.25) is 0 Å². The number of hydrogen-bond donors (Lipinski definition) is 4. The summed E-state index contributed by atoms with van der Waals surface area (Å²) in [6.07, 6.45) is -5.88. The number of rotatable bonds is 5. The quantitative estimate of drug-likeness (QED) is 0.299. The molecule has 0 bridgehead atoms. The van der Waals surface area contributed by atoms with Crippen LogP contribution in [0.1, 0.15) is 29.9 Å². The predicted molar refractivity (Wildman–Crippen MR) is 108 cm³/mol. The normalized spacial score (nSPS) is 21.9. The molecule has 4 atom stereocenters. The molecule has 1 aromatic heterocycles. The lowest BCUT2D eigenvalue weighted by atomic mass is 10.0. The number of alkyl halides is 4. The summed E-state index contributed by atoms with van der Waals surface area (Å²) < 4.78 is 59.2. The summed E-state index contributed by atoms with van der Waals surface area (Å²) in [5.41, 5.74) is 3.47. The maximum atomic E-state index is 14.9. The number of H-pyrrole nitrogens is 1. The van der Waals surface area contributed by atoms with Crippen molar-refractivity contribution in [2.75, 3.05) is 0 Å². The number of nitrogens with zero attached hydrogens (tertiary/aromatic N) is 1. The Morgan fingerprint density at radius 2 is 2.00 bits per heavy atom. The van der Waals surface area contributed by atoms with Crippen LogP contribution in [0.4, 0.5) is 17.6 Å². The fourth-order valence-corrected chi connectivity index (χ4v) is 3.31. The van der Waals surface area contributed by atoms with E-state index in [9.17, 15) is 27.2 Å². The molecule has 1 amide bonds. The molecule has 2 aromatic rings. The molecule has 0 aliphatic carbocycles. The van der Waals surface area contributed by atoms with Gasteiger partial charge in [-0.2, -0.15) is 13.2 Å². The second-order valence-corrected chi connectivity index (χ2v) is 7.79. The maximum absolute atomic E-state index is 14.9. The highest BCUT2D eigenvalue weighted by Gasteiger charge is 2.39. The molecule has 32 heavy (non-hydrogen) atoms. The first kappa shape index (κ1) is 24.0. The van der Waals surface area contributed by atoms with Gasteiger partial charge in [-0.25, -0.2) is 9.82 Å². The van der Waals surface area contributed by atoms with Gasteiger partial charge in [0.15, 0.2) is 6.10 Å². The summed E-state index contributed by atoms with van der Waals surface area (Å²) in [5.74, 6) is -2.38. The molecule has 1 aliphatic rings. The van der Waals surface area contributed by atoms with Gasteiger partial charge in [0.25, 0.3) is 11.5 Å². The van der Waals surface area contributed by atoms with Crippen LogP contribution in [-0.4, -0.2) is 45.7 Å². The Morgan fingerprint density at radius 1 is 1.31 bits per heavy atom. The number of carbonyl (C=O) groups excluding carboxylic acids is 1. The zero-order valence-electron chi connectivity index (χ0n) is 17.1. The maximum Gasteiger partial charge on any atom is 0.425 e. The number of ether oxygens (including phenoxy) is 1. The van der Waals surface area contributed by atoms with E-state index in [2.05, 4.69) is 26.1 Å². The van der Waals surface area contributed by atoms with Crippen LogP contribution in [0.3, 0.4) is 0 Å². The van der Waals surface area contributed by atoms with Crippen LogP contribution >= 0.6 is 11.6 Å². The first-order valence-corrected chi connectivity index (χ1v) is 9.91. The van der Waals surface area contributed by atoms with Crippen molar-refractivity contribution in [3.05, 3.63) is 45.8 Å². The van der Waals surface area contributed by atoms with E-state index in [4.69, 9.17) is 16.3 Å². The highest BCUT2D eigenvalue weighted by molar-refractivity contribution is 6.21. The lowest BCUT2D eigenvalue weighted by Crippen LogP contribution is -2.45. The van der Waals surface area contributed by atoms with Gasteiger partial charge in [0, 0.05) is 11.6 Å². The summed E-state index contributed by atoms with van der Waals surface area (Å²) in [6, 6.07) is 0.706. The zero-order chi connectivity index (χ0) is 23.8. The minimum Gasteiger partial charge on any atom is -0.480 e. The van der Waals surface area contributed by atoms with E-state index in [0.29, 0.717) is 0 Å². The molecule has 1 saturated heterocycles. The number of aryl methyl sites for hydroxylation is 1. The first-order chi connectivity index (χ1) is 14.9. The summed E-state index contributed by atoms with van der Waals surface area (Å²) >= 11 is 6.07. The van der Waals surface area contributed by atoms with Crippen molar-refractivity contribution in [1.82, 2.24) is 26.1 Å². The van der Waals surface area contributed by atoms with Crippen LogP contribution in [-0.2, 0) is 0 Å². The Morgan fingerprint density at radius 3 is 2.56 bits per heavy atom. The standard InChI is InChI=1S/C19H20ClF4N5O3/c1-7-15(16(20)29-28-7)27-18(31)11-4-12(21)10(13-6-25-8(2)17(30)26-13)5-14(11)32-9(3)19(22,23)24/h4-7,9,15-16,28-29H,1-3H3,(H,26,30)(H,27,31). The lowest BCUT2D eigenvalue weighted by molar-refractivity contribution is -0.189. The number of carbonyl (C=O) groups is 1. The molecular formula is C19H20ClF4N5O3. The van der Waals surface area contributed by atoms with Crippen molar-refractivity contribution in [3.63, 3.8) is 0 Å². The van der Waals surface area contributed by atoms with Gasteiger partial charge in [-0.1, -0.05) is 0 Å². The lowest BCUT2D eigenvalue weighted by Gasteiger charge is -2.22. The van der Waals surface area contributed by atoms with Crippen LogP contribution in [0, 0.1) is 12.7 Å². The van der Waals surface area contributed by atoms with Crippen LogP contribution in [0.25, 0.3) is 11.3 Å². The van der Waals surface area contributed by atoms with E-state index in [0.717, 1.165) is 25.3 Å². The number of halogens is 5. The molecule has 0 radical (unpaired) electrons. The van der Waals surface area contributed by atoms with E-state index in [1.165, 1.54) is 6.92 Å². The number of hydrogen-bond acceptors (Lipinski definition) is 6. The molecule has 3 rings (SSSR count). The number of benzene rings is 1. The minimum absolute atomic E-state index is 0.0896. The monoisotopic (exact) mass is 477 g/mol. The molecule has 174 valence electrons. The molecule has 0 spiro atoms. The van der Waals surface area contributed by atoms with Crippen molar-refractivity contribution in [2.24, 2.45) is 0 Å². The van der Waals surface area contributed by atoms with Crippen molar-refractivity contribution in [2.45, 2.75) is 50.6 Å². The summed E-state index contributed by atoms with van der Waals surface area (Å²) in [4.78, 5) is 30.9. The van der Waals surface area contributed by atoms with Crippen molar-refractivity contribution in [3.8, 4) is 17.0 Å². The summed E-state index contributed by atoms with van der Waals surface area (Å²) in [6.45, 7) is 3.90. The largest absolute Gasteiger partial charge is 0.480 e. The zero-order valence-corrected chi connectivity index (χ0v) is 17.9. The Balaban J connectivity index is 2.04. The second kappa shape index (κ2) is 9.04. The molecule has 0 saturated carbocycles. The minimum atomic E-state index is -4.74. The Hall–Kier alpha value is -2.70. The molecule has 1 fully saturated rings. The second-order valence-electron chi connectivity index (χ2n) is 7.32. The van der Waals surface area contributed by atoms with E-state index < -0.39 is 52.4 Å². The number of aromatic amines is 1. The van der Waals surface area contributed by atoms with E-state index in [-0.39, 0.29) is 23.0 Å².